The fourth-order valence-corrected chi connectivity index (χ4v) is 1.10. The van der Waals surface area contributed by atoms with Crippen LogP contribution in [0.3, 0.4) is 0 Å². The number of hydrogen-bond donors (Lipinski definition) is 1. The van der Waals surface area contributed by atoms with E-state index in [-0.39, 0.29) is 17.0 Å². The molecule has 12 heavy (non-hydrogen) atoms. The number of unbranched alkanes of at least 4 members (excludes halogenated alkanes) is 1. The Morgan fingerprint density at radius 1 is 1.42 bits per heavy atom. The van der Waals surface area contributed by atoms with Gasteiger partial charge in [0, 0.05) is 6.42 Å². The molecule has 1 aromatic heterocycles. The number of nitrogens with one attached hydrogen (secondary N) is 1. The van der Waals surface area contributed by atoms with Crippen molar-refractivity contribution in [1.29, 1.82) is 0 Å². The van der Waals surface area contributed by atoms with Crippen LogP contribution in [0.1, 0.15) is 32.4 Å². The molecule has 3 heteroatoms. The molecule has 0 aromatic carbocycles. The van der Waals surface area contributed by atoms with E-state index in [1.54, 1.807) is 0 Å². The van der Waals surface area contributed by atoms with Crippen LogP contribution in [0.4, 0.5) is 0 Å². The van der Waals surface area contributed by atoms with E-state index in [1.165, 1.54) is 18.5 Å². The molecule has 0 amide bonds. The predicted octanol–water partition coefficient (Wildman–Crippen LogP) is -1.33. The largest absolute Gasteiger partial charge is 1.00 e. The number of hydrogen-bond acceptors (Lipinski definition) is 0. The molecular weight excluding hydrogens is 216 g/mol. The van der Waals surface area contributed by atoms with Gasteiger partial charge in [0.25, 0.3) is 0 Å². The van der Waals surface area contributed by atoms with Gasteiger partial charge in [-0.25, -0.2) is 9.55 Å². The first kappa shape index (κ1) is 11.7. The number of aromatic nitrogens is 2. The second-order valence-electron chi connectivity index (χ2n) is 2.87. The van der Waals surface area contributed by atoms with Gasteiger partial charge in [0.1, 0.15) is 11.9 Å². The van der Waals surface area contributed by atoms with Crippen LogP contribution in [0.2, 0.25) is 0 Å². The van der Waals surface area contributed by atoms with E-state index in [0.29, 0.717) is 0 Å². The molecule has 0 atom stereocenters. The van der Waals surface area contributed by atoms with Gasteiger partial charge >= 0.3 is 0 Å². The Morgan fingerprint density at radius 3 is 2.67 bits per heavy atom. The van der Waals surface area contributed by atoms with E-state index in [0.717, 1.165) is 13.0 Å². The second kappa shape index (κ2) is 6.23. The molecule has 0 bridgehead atoms. The lowest BCUT2D eigenvalue weighted by atomic mass is 10.3. The quantitative estimate of drug-likeness (QED) is 0.622. The number of rotatable bonds is 4. The van der Waals surface area contributed by atoms with Crippen LogP contribution >= 0.6 is 0 Å². The zero-order chi connectivity index (χ0) is 8.10. The summed E-state index contributed by atoms with van der Waals surface area (Å²) in [6.45, 7) is 5.52. The van der Waals surface area contributed by atoms with Crippen molar-refractivity contribution in [3.8, 4) is 0 Å². The summed E-state index contributed by atoms with van der Waals surface area (Å²) in [6.07, 6.45) is 7.87. The van der Waals surface area contributed by atoms with E-state index >= 15 is 0 Å². The average Bonchev–Trinajstić information content (AvgIpc) is 2.48. The highest BCUT2D eigenvalue weighted by molar-refractivity contribution is 4.87. The molecule has 1 aromatic rings. The summed E-state index contributed by atoms with van der Waals surface area (Å²) in [5.41, 5.74) is 1.32. The number of halogens is 1. The van der Waals surface area contributed by atoms with Gasteiger partial charge in [0.15, 0.2) is 0 Å². The number of imidazole rings is 1. The average molecular weight is 233 g/mol. The number of aromatic amines is 1. The van der Waals surface area contributed by atoms with Crippen molar-refractivity contribution in [2.24, 2.45) is 0 Å². The van der Waals surface area contributed by atoms with Crippen molar-refractivity contribution in [2.75, 3.05) is 0 Å². The number of H-pyrrole nitrogens is 1. The molecule has 0 fully saturated rings. The molecule has 70 valence electrons. The molecule has 0 radical (unpaired) electrons. The summed E-state index contributed by atoms with van der Waals surface area (Å²) in [6, 6.07) is 0. The first-order chi connectivity index (χ1) is 5.36. The van der Waals surface area contributed by atoms with Gasteiger partial charge in [-0.2, -0.15) is 0 Å². The minimum Gasteiger partial charge on any atom is -1.00 e. The van der Waals surface area contributed by atoms with E-state index in [4.69, 9.17) is 0 Å². The summed E-state index contributed by atoms with van der Waals surface area (Å²) in [5.74, 6) is 0. The standard InChI is InChI=1S/C9H16N2.BrH/c1-3-5-6-11-7-9(4-2)10-8-11;/h7-8H,3-6H2,1-2H3;1H. The molecule has 1 N–H and O–H groups in total. The highest BCUT2D eigenvalue weighted by Crippen LogP contribution is 1.91. The van der Waals surface area contributed by atoms with Gasteiger partial charge in [-0.3, -0.25) is 0 Å². The van der Waals surface area contributed by atoms with Crippen LogP contribution in [-0.2, 0) is 13.0 Å². The summed E-state index contributed by atoms with van der Waals surface area (Å²) < 4.78 is 2.22. The Bertz CT molecular complexity index is 208. The summed E-state index contributed by atoms with van der Waals surface area (Å²) in [4.78, 5) is 3.23. The maximum Gasteiger partial charge on any atom is 0.241 e. The third-order valence-corrected chi connectivity index (χ3v) is 1.89. The molecule has 0 aliphatic carbocycles. The molecule has 1 heterocycles. The lowest BCUT2D eigenvalue weighted by Crippen LogP contribution is -3.00. The van der Waals surface area contributed by atoms with Crippen LogP contribution in [0, 0.1) is 0 Å². The summed E-state index contributed by atoms with van der Waals surface area (Å²) in [5, 5.41) is 0. The van der Waals surface area contributed by atoms with Crippen molar-refractivity contribution < 1.29 is 21.5 Å². The third kappa shape index (κ3) is 3.39. The zero-order valence-corrected chi connectivity index (χ0v) is 9.39. The second-order valence-corrected chi connectivity index (χ2v) is 2.87. The van der Waals surface area contributed by atoms with Gasteiger partial charge in [-0.15, -0.1) is 0 Å². The van der Waals surface area contributed by atoms with Crippen LogP contribution in [0.25, 0.3) is 0 Å². The van der Waals surface area contributed by atoms with E-state index in [2.05, 4.69) is 35.9 Å². The van der Waals surface area contributed by atoms with Crippen molar-refractivity contribution in [3.05, 3.63) is 18.2 Å². The van der Waals surface area contributed by atoms with Crippen LogP contribution in [-0.4, -0.2) is 4.98 Å². The van der Waals surface area contributed by atoms with Gasteiger partial charge in [0.05, 0.1) is 6.54 Å². The normalized spacial score (nSPS) is 9.50. The minimum absolute atomic E-state index is 0. The smallest absolute Gasteiger partial charge is 0.241 e. The fourth-order valence-electron chi connectivity index (χ4n) is 1.10. The van der Waals surface area contributed by atoms with E-state index < -0.39 is 0 Å². The van der Waals surface area contributed by atoms with Crippen molar-refractivity contribution >= 4 is 0 Å². The maximum absolute atomic E-state index is 3.23. The van der Waals surface area contributed by atoms with E-state index in [9.17, 15) is 0 Å². The maximum atomic E-state index is 3.23. The van der Waals surface area contributed by atoms with Crippen molar-refractivity contribution in [2.45, 2.75) is 39.7 Å². The van der Waals surface area contributed by atoms with Crippen LogP contribution in [0.15, 0.2) is 12.5 Å². The summed E-state index contributed by atoms with van der Waals surface area (Å²) in [7, 11) is 0. The SMILES string of the molecule is CCCC[n+]1c[nH]c(CC)c1.[Br-]. The highest BCUT2D eigenvalue weighted by atomic mass is 79.9. The lowest BCUT2D eigenvalue weighted by Gasteiger charge is -1.90. The zero-order valence-electron chi connectivity index (χ0n) is 7.81. The lowest BCUT2D eigenvalue weighted by molar-refractivity contribution is -0.696. The predicted molar refractivity (Wildman–Crippen MR) is 45.3 cm³/mol. The minimum atomic E-state index is 0. The molecule has 0 saturated heterocycles. The molecule has 0 aliphatic rings. The number of aryl methyl sites for hydroxylation is 2. The van der Waals surface area contributed by atoms with Gasteiger partial charge in [0.2, 0.25) is 6.33 Å². The number of nitrogens with zero attached hydrogens (tertiary/aromatic N) is 1. The Labute approximate surface area is 84.8 Å². The Hall–Kier alpha value is -0.310. The fraction of sp³-hybridized carbons (Fsp3) is 0.667. The molecule has 0 saturated carbocycles. The van der Waals surface area contributed by atoms with Crippen LogP contribution in [0.5, 0.6) is 0 Å². The van der Waals surface area contributed by atoms with E-state index in [1.807, 2.05) is 0 Å². The van der Waals surface area contributed by atoms with Crippen molar-refractivity contribution in [1.82, 2.24) is 4.98 Å². The Balaban J connectivity index is 0.00000121. The monoisotopic (exact) mass is 232 g/mol. The first-order valence-corrected chi connectivity index (χ1v) is 4.43. The Morgan fingerprint density at radius 2 is 2.17 bits per heavy atom. The highest BCUT2D eigenvalue weighted by Gasteiger charge is 2.00. The molecule has 0 unspecified atom stereocenters. The first-order valence-electron chi connectivity index (χ1n) is 4.43. The van der Waals surface area contributed by atoms with Gasteiger partial charge in [-0.1, -0.05) is 20.3 Å². The third-order valence-electron chi connectivity index (χ3n) is 1.89. The molecule has 0 spiro atoms. The molecule has 1 rings (SSSR count). The molecule has 0 aliphatic heterocycles. The molecule has 2 nitrogen and oxygen atoms in total. The molecular formula is C9H17BrN2. The van der Waals surface area contributed by atoms with Gasteiger partial charge in [-0.05, 0) is 6.42 Å². The van der Waals surface area contributed by atoms with Crippen LogP contribution < -0.4 is 21.5 Å². The van der Waals surface area contributed by atoms with Gasteiger partial charge < -0.3 is 17.0 Å². The topological polar surface area (TPSA) is 19.7 Å². The Kier molecular flexibility index (Phi) is 6.07. The summed E-state index contributed by atoms with van der Waals surface area (Å²) >= 11 is 0. The van der Waals surface area contributed by atoms with Crippen molar-refractivity contribution in [3.63, 3.8) is 0 Å².